The Labute approximate surface area is 121 Å². The Bertz CT molecular complexity index is 500. The summed E-state index contributed by atoms with van der Waals surface area (Å²) in [5.74, 6) is 0.530. The molecule has 0 aliphatic carbocycles. The summed E-state index contributed by atoms with van der Waals surface area (Å²) in [5.41, 5.74) is 0.830. The quantitative estimate of drug-likeness (QED) is 0.796. The van der Waals surface area contributed by atoms with Crippen molar-refractivity contribution in [3.8, 4) is 0 Å². The summed E-state index contributed by atoms with van der Waals surface area (Å²) in [6.45, 7) is 8.50. The van der Waals surface area contributed by atoms with Gasteiger partial charge >= 0.3 is 4.34 Å². The van der Waals surface area contributed by atoms with E-state index in [-0.39, 0.29) is 0 Å². The molecule has 0 fully saturated rings. The van der Waals surface area contributed by atoms with Crippen LogP contribution in [0.4, 0.5) is 0 Å². The normalized spacial score (nSPS) is 13.9. The van der Waals surface area contributed by atoms with Gasteiger partial charge in [-0.1, -0.05) is 11.3 Å². The van der Waals surface area contributed by atoms with E-state index in [1.165, 1.54) is 11.3 Å². The number of hydrogen-bond acceptors (Lipinski definition) is 5. The molecule has 0 bridgehead atoms. The zero-order valence-corrected chi connectivity index (χ0v) is 13.3. The third-order valence-corrected chi connectivity index (χ3v) is 5.61. The minimum Gasteiger partial charge on any atom is -0.609 e. The van der Waals surface area contributed by atoms with Crippen LogP contribution in [0.5, 0.6) is 0 Å². The van der Waals surface area contributed by atoms with E-state index < -0.39 is 11.2 Å². The molecule has 104 valence electrons. The number of nitrogens with zero attached hydrogens (tertiary/aromatic N) is 3. The van der Waals surface area contributed by atoms with Crippen molar-refractivity contribution in [1.29, 1.82) is 0 Å². The summed E-state index contributed by atoms with van der Waals surface area (Å²) in [4.78, 5) is 10.7. The Hall–Kier alpha value is -0.690. The summed E-state index contributed by atoms with van der Waals surface area (Å²) in [5, 5.41) is 0. The summed E-state index contributed by atoms with van der Waals surface area (Å²) < 4.78 is 14.2. The first kappa shape index (κ1) is 14.7. The highest BCUT2D eigenvalue weighted by Crippen LogP contribution is 2.26. The lowest BCUT2D eigenvalue weighted by Gasteiger charge is -2.29. The highest BCUT2D eigenvalue weighted by molar-refractivity contribution is 7.93. The molecule has 0 radical (unpaired) electrons. The third kappa shape index (κ3) is 3.45. The predicted octanol–water partition coefficient (Wildman–Crippen LogP) is 2.88. The molecule has 2 rings (SSSR count). The second kappa shape index (κ2) is 6.17. The molecule has 19 heavy (non-hydrogen) atoms. The minimum absolute atomic E-state index is 0.375. The molecule has 0 aliphatic heterocycles. The van der Waals surface area contributed by atoms with Crippen LogP contribution in [0.25, 0.3) is 10.2 Å². The molecule has 0 saturated heterocycles. The fourth-order valence-corrected chi connectivity index (χ4v) is 4.58. The van der Waals surface area contributed by atoms with Gasteiger partial charge in [0, 0.05) is 29.5 Å². The summed E-state index contributed by atoms with van der Waals surface area (Å²) >= 11 is 0.411. The molecule has 0 aromatic carbocycles. The van der Waals surface area contributed by atoms with E-state index in [2.05, 4.69) is 42.6 Å². The Morgan fingerprint density at radius 2 is 2.00 bits per heavy atom. The molecule has 1 atom stereocenters. The number of pyridine rings is 1. The fourth-order valence-electron chi connectivity index (χ4n) is 1.94. The monoisotopic (exact) mass is 297 g/mol. The van der Waals surface area contributed by atoms with Crippen LogP contribution in [0.15, 0.2) is 22.8 Å². The highest BCUT2D eigenvalue weighted by Gasteiger charge is 2.24. The number of hydrogen-bond donors (Lipinski definition) is 0. The maximum absolute atomic E-state index is 12.4. The molecule has 6 heteroatoms. The van der Waals surface area contributed by atoms with Crippen LogP contribution in [-0.4, -0.2) is 37.4 Å². The molecule has 0 amide bonds. The first-order valence-corrected chi connectivity index (χ1v) is 8.47. The second-order valence-electron chi connectivity index (χ2n) is 5.00. The van der Waals surface area contributed by atoms with Crippen molar-refractivity contribution in [2.75, 3.05) is 5.88 Å². The van der Waals surface area contributed by atoms with Gasteiger partial charge in [-0.25, -0.2) is 0 Å². The van der Waals surface area contributed by atoms with Gasteiger partial charge in [-0.3, -0.25) is 9.88 Å². The SMILES string of the molecule is CC(C)N(C[S+]([O-])c1nc2cnccc2s1)C(C)C. The number of fused-ring (bicyclic) bond motifs is 1. The lowest BCUT2D eigenvalue weighted by Crippen LogP contribution is -2.40. The molecule has 1 unspecified atom stereocenters. The molecule has 2 aromatic rings. The van der Waals surface area contributed by atoms with Gasteiger partial charge in [-0.15, -0.1) is 0 Å². The molecular weight excluding hydrogens is 278 g/mol. The first-order chi connectivity index (χ1) is 8.99. The zero-order chi connectivity index (χ0) is 14.0. The van der Waals surface area contributed by atoms with Crippen LogP contribution >= 0.6 is 11.3 Å². The fraction of sp³-hybridized carbons (Fsp3) is 0.538. The lowest BCUT2D eigenvalue weighted by molar-refractivity contribution is 0.206. The van der Waals surface area contributed by atoms with Crippen LogP contribution < -0.4 is 0 Å². The molecule has 0 saturated carbocycles. The maximum atomic E-state index is 12.4. The van der Waals surface area contributed by atoms with Crippen molar-refractivity contribution in [2.45, 2.75) is 44.1 Å². The van der Waals surface area contributed by atoms with Gasteiger partial charge in [0.2, 0.25) is 0 Å². The van der Waals surface area contributed by atoms with Crippen LogP contribution in [0, 0.1) is 0 Å². The minimum atomic E-state index is -1.08. The van der Waals surface area contributed by atoms with E-state index in [9.17, 15) is 4.55 Å². The number of thiazole rings is 1. The Kier molecular flexibility index (Phi) is 4.78. The average molecular weight is 297 g/mol. The van der Waals surface area contributed by atoms with Gasteiger partial charge in [0.05, 0.1) is 10.9 Å². The first-order valence-electron chi connectivity index (χ1n) is 6.33. The van der Waals surface area contributed by atoms with Gasteiger partial charge in [-0.05, 0) is 33.8 Å². The van der Waals surface area contributed by atoms with E-state index in [1.807, 2.05) is 6.07 Å². The van der Waals surface area contributed by atoms with Gasteiger partial charge in [0.25, 0.3) is 0 Å². The zero-order valence-electron chi connectivity index (χ0n) is 11.7. The predicted molar refractivity (Wildman–Crippen MR) is 80.8 cm³/mol. The van der Waals surface area contributed by atoms with Gasteiger partial charge in [0.1, 0.15) is 5.52 Å². The van der Waals surface area contributed by atoms with E-state index in [0.29, 0.717) is 22.3 Å². The average Bonchev–Trinajstić information content (AvgIpc) is 2.78. The lowest BCUT2D eigenvalue weighted by atomic mass is 10.2. The van der Waals surface area contributed by atoms with E-state index in [4.69, 9.17) is 0 Å². The van der Waals surface area contributed by atoms with Gasteiger partial charge in [-0.2, -0.15) is 4.98 Å². The maximum Gasteiger partial charge on any atom is 0.304 e. The van der Waals surface area contributed by atoms with E-state index in [0.717, 1.165) is 10.2 Å². The molecule has 0 N–H and O–H groups in total. The van der Waals surface area contributed by atoms with E-state index in [1.54, 1.807) is 12.4 Å². The Balaban J connectivity index is 2.16. The van der Waals surface area contributed by atoms with Gasteiger partial charge < -0.3 is 4.55 Å². The highest BCUT2D eigenvalue weighted by atomic mass is 32.2. The topological polar surface area (TPSA) is 52.1 Å². The summed E-state index contributed by atoms with van der Waals surface area (Å²) in [6, 6.07) is 2.66. The Morgan fingerprint density at radius 3 is 2.58 bits per heavy atom. The number of rotatable bonds is 5. The largest absolute Gasteiger partial charge is 0.609 e. The Morgan fingerprint density at radius 1 is 1.32 bits per heavy atom. The molecule has 0 aliphatic rings. The molecule has 0 spiro atoms. The van der Waals surface area contributed by atoms with Crippen molar-refractivity contribution < 1.29 is 4.55 Å². The third-order valence-electron chi connectivity index (χ3n) is 2.96. The smallest absolute Gasteiger partial charge is 0.304 e. The van der Waals surface area contributed by atoms with Crippen molar-refractivity contribution >= 4 is 32.7 Å². The van der Waals surface area contributed by atoms with Crippen LogP contribution in [-0.2, 0) is 11.2 Å². The van der Waals surface area contributed by atoms with Crippen LogP contribution in [0.2, 0.25) is 0 Å². The van der Waals surface area contributed by atoms with Crippen LogP contribution in [0.1, 0.15) is 27.7 Å². The second-order valence-corrected chi connectivity index (χ2v) is 7.62. The molecule has 4 nitrogen and oxygen atoms in total. The van der Waals surface area contributed by atoms with Gasteiger partial charge in [0.15, 0.2) is 5.88 Å². The number of aromatic nitrogens is 2. The standard InChI is InChI=1S/C13H19N3OS2/c1-9(2)16(10(3)4)8-19(17)13-15-11-7-14-6-5-12(11)18-13/h5-7,9-10H,8H2,1-4H3. The molecular formula is C13H19N3OS2. The van der Waals surface area contributed by atoms with Crippen molar-refractivity contribution in [2.24, 2.45) is 0 Å². The van der Waals surface area contributed by atoms with Crippen molar-refractivity contribution in [1.82, 2.24) is 14.9 Å². The van der Waals surface area contributed by atoms with Crippen molar-refractivity contribution in [3.05, 3.63) is 18.5 Å². The van der Waals surface area contributed by atoms with E-state index >= 15 is 0 Å². The summed E-state index contributed by atoms with van der Waals surface area (Å²) in [6.07, 6.45) is 3.46. The van der Waals surface area contributed by atoms with Crippen molar-refractivity contribution in [3.63, 3.8) is 0 Å². The van der Waals surface area contributed by atoms with Crippen LogP contribution in [0.3, 0.4) is 0 Å². The molecule has 2 heterocycles. The summed E-state index contributed by atoms with van der Waals surface area (Å²) in [7, 11) is 0. The molecule has 2 aromatic heterocycles.